The first-order valence-corrected chi connectivity index (χ1v) is 6.81. The Morgan fingerprint density at radius 2 is 2.16 bits per heavy atom. The van der Waals surface area contributed by atoms with E-state index >= 15 is 0 Å². The van der Waals surface area contributed by atoms with Crippen molar-refractivity contribution in [3.05, 3.63) is 41.4 Å². The molecule has 2 rings (SSSR count). The van der Waals surface area contributed by atoms with Crippen LogP contribution in [-0.4, -0.2) is 29.5 Å². The maximum atomic E-state index is 12.0. The molecule has 0 bridgehead atoms. The number of aromatic amines is 1. The third-order valence-corrected chi connectivity index (χ3v) is 3.74. The van der Waals surface area contributed by atoms with Crippen molar-refractivity contribution in [2.24, 2.45) is 0 Å². The summed E-state index contributed by atoms with van der Waals surface area (Å²) in [6.45, 7) is 0. The monoisotopic (exact) mass is 301 g/mol. The van der Waals surface area contributed by atoms with Crippen LogP contribution in [0.4, 0.5) is 5.69 Å². The SMILES string of the molecule is O=C(O)c1cc(S(=O)(=O)Nc2ccnc(Cl)c2)c[nH]1. The molecule has 2 aromatic rings. The molecule has 0 aliphatic rings. The Morgan fingerprint density at radius 3 is 2.74 bits per heavy atom. The summed E-state index contributed by atoms with van der Waals surface area (Å²) in [5.74, 6) is -1.24. The van der Waals surface area contributed by atoms with Gasteiger partial charge in [-0.25, -0.2) is 18.2 Å². The van der Waals surface area contributed by atoms with Crippen LogP contribution in [0.2, 0.25) is 5.15 Å². The molecule has 0 aliphatic carbocycles. The van der Waals surface area contributed by atoms with Gasteiger partial charge >= 0.3 is 5.97 Å². The highest BCUT2D eigenvalue weighted by atomic mass is 35.5. The third kappa shape index (κ3) is 3.04. The van der Waals surface area contributed by atoms with Crippen LogP contribution in [0.15, 0.2) is 35.5 Å². The first kappa shape index (κ1) is 13.4. The second kappa shape index (κ2) is 4.90. The summed E-state index contributed by atoms with van der Waals surface area (Å²) in [6.07, 6.45) is 2.44. The molecule has 0 saturated heterocycles. The van der Waals surface area contributed by atoms with Gasteiger partial charge in [0, 0.05) is 12.4 Å². The minimum atomic E-state index is -3.87. The molecule has 0 radical (unpaired) electrons. The molecule has 0 amide bonds. The maximum Gasteiger partial charge on any atom is 0.352 e. The Balaban J connectivity index is 2.29. The number of rotatable bonds is 4. The summed E-state index contributed by atoms with van der Waals surface area (Å²) in [6, 6.07) is 3.78. The maximum absolute atomic E-state index is 12.0. The number of H-pyrrole nitrogens is 1. The van der Waals surface area contributed by atoms with Crippen molar-refractivity contribution in [3.63, 3.8) is 0 Å². The molecule has 2 heterocycles. The lowest BCUT2D eigenvalue weighted by molar-refractivity contribution is 0.0691. The van der Waals surface area contributed by atoms with Gasteiger partial charge in [0.1, 0.15) is 15.7 Å². The van der Waals surface area contributed by atoms with Crippen LogP contribution < -0.4 is 4.72 Å². The number of carbonyl (C=O) groups is 1. The highest BCUT2D eigenvalue weighted by molar-refractivity contribution is 7.92. The number of nitrogens with zero attached hydrogens (tertiary/aromatic N) is 1. The number of aromatic nitrogens is 2. The number of aromatic carboxylic acids is 1. The van der Waals surface area contributed by atoms with E-state index in [1.54, 1.807) is 0 Å². The molecular weight excluding hydrogens is 294 g/mol. The zero-order chi connectivity index (χ0) is 14.0. The lowest BCUT2D eigenvalue weighted by atomic mass is 10.4. The van der Waals surface area contributed by atoms with Crippen molar-refractivity contribution in [2.45, 2.75) is 4.90 Å². The predicted molar refractivity (Wildman–Crippen MR) is 67.8 cm³/mol. The number of carboxylic acid groups (broad SMARTS) is 1. The highest BCUT2D eigenvalue weighted by Gasteiger charge is 2.18. The van der Waals surface area contributed by atoms with Gasteiger partial charge in [-0.3, -0.25) is 4.72 Å². The van der Waals surface area contributed by atoms with Crippen molar-refractivity contribution < 1.29 is 18.3 Å². The van der Waals surface area contributed by atoms with E-state index in [4.69, 9.17) is 16.7 Å². The average Bonchev–Trinajstić information content (AvgIpc) is 2.78. The minimum Gasteiger partial charge on any atom is -0.477 e. The summed E-state index contributed by atoms with van der Waals surface area (Å²) < 4.78 is 26.2. The van der Waals surface area contributed by atoms with Gasteiger partial charge in [-0.15, -0.1) is 0 Å². The van der Waals surface area contributed by atoms with Crippen molar-refractivity contribution >= 4 is 33.3 Å². The van der Waals surface area contributed by atoms with Gasteiger partial charge in [0.25, 0.3) is 10.0 Å². The number of carboxylic acids is 1. The third-order valence-electron chi connectivity index (χ3n) is 2.18. The molecule has 19 heavy (non-hydrogen) atoms. The van der Waals surface area contributed by atoms with Crippen molar-refractivity contribution in [3.8, 4) is 0 Å². The number of anilines is 1. The van der Waals surface area contributed by atoms with E-state index in [2.05, 4.69) is 14.7 Å². The van der Waals surface area contributed by atoms with Crippen LogP contribution in [0.5, 0.6) is 0 Å². The molecule has 0 fully saturated rings. The second-order valence-electron chi connectivity index (χ2n) is 3.53. The Kier molecular flexibility index (Phi) is 3.45. The van der Waals surface area contributed by atoms with Gasteiger partial charge in [0.05, 0.1) is 5.69 Å². The lowest BCUT2D eigenvalue weighted by Gasteiger charge is -2.05. The Labute approximate surface area is 113 Å². The molecular formula is C10H8ClN3O4S. The van der Waals surface area contributed by atoms with Gasteiger partial charge in [-0.2, -0.15) is 0 Å². The Bertz CT molecular complexity index is 726. The largest absolute Gasteiger partial charge is 0.477 e. The summed E-state index contributed by atoms with van der Waals surface area (Å²) in [7, 11) is -3.87. The molecule has 0 spiro atoms. The van der Waals surface area contributed by atoms with E-state index in [0.29, 0.717) is 0 Å². The molecule has 0 unspecified atom stereocenters. The smallest absolute Gasteiger partial charge is 0.352 e. The number of hydrogen-bond acceptors (Lipinski definition) is 4. The zero-order valence-corrected chi connectivity index (χ0v) is 10.9. The van der Waals surface area contributed by atoms with Crippen LogP contribution in [0.3, 0.4) is 0 Å². The van der Waals surface area contributed by atoms with Crippen molar-refractivity contribution in [2.75, 3.05) is 4.72 Å². The first-order chi connectivity index (χ1) is 8.88. The quantitative estimate of drug-likeness (QED) is 0.742. The Hall–Kier alpha value is -2.06. The van der Waals surface area contributed by atoms with Crippen LogP contribution >= 0.6 is 11.6 Å². The normalized spacial score (nSPS) is 11.2. The summed E-state index contributed by atoms with van der Waals surface area (Å²) in [4.78, 5) is 16.6. The van der Waals surface area contributed by atoms with E-state index in [1.165, 1.54) is 18.3 Å². The zero-order valence-electron chi connectivity index (χ0n) is 9.29. The van der Waals surface area contributed by atoms with Gasteiger partial charge in [0.15, 0.2) is 0 Å². The molecule has 0 aromatic carbocycles. The van der Waals surface area contributed by atoms with Crippen LogP contribution in [0, 0.1) is 0 Å². The van der Waals surface area contributed by atoms with Gasteiger partial charge in [-0.05, 0) is 18.2 Å². The molecule has 7 nitrogen and oxygen atoms in total. The standard InChI is InChI=1S/C10H8ClN3O4S/c11-9-3-6(1-2-12-9)14-19(17,18)7-4-8(10(15)16)13-5-7/h1-5,13H,(H,12,14)(H,15,16). The molecule has 9 heteroatoms. The molecule has 100 valence electrons. The fourth-order valence-corrected chi connectivity index (χ4v) is 2.55. The molecule has 0 saturated carbocycles. The number of nitrogens with one attached hydrogen (secondary N) is 2. The van der Waals surface area contributed by atoms with Gasteiger partial charge < -0.3 is 10.1 Å². The number of hydrogen-bond donors (Lipinski definition) is 3. The number of pyridine rings is 1. The number of halogens is 1. The summed E-state index contributed by atoms with van der Waals surface area (Å²) in [5.41, 5.74) is 0.0196. The fraction of sp³-hybridized carbons (Fsp3) is 0. The fourth-order valence-electron chi connectivity index (χ4n) is 1.33. The summed E-state index contributed by atoms with van der Waals surface area (Å²) in [5, 5.41) is 8.86. The van der Waals surface area contributed by atoms with Crippen LogP contribution in [0.25, 0.3) is 0 Å². The molecule has 3 N–H and O–H groups in total. The van der Waals surface area contributed by atoms with E-state index < -0.39 is 16.0 Å². The highest BCUT2D eigenvalue weighted by Crippen LogP contribution is 2.18. The topological polar surface area (TPSA) is 112 Å². The van der Waals surface area contributed by atoms with Crippen LogP contribution in [-0.2, 0) is 10.0 Å². The van der Waals surface area contributed by atoms with Gasteiger partial charge in [0.2, 0.25) is 0 Å². The summed E-state index contributed by atoms with van der Waals surface area (Å²) >= 11 is 5.64. The van der Waals surface area contributed by atoms with Crippen molar-refractivity contribution in [1.82, 2.24) is 9.97 Å². The Morgan fingerprint density at radius 1 is 1.42 bits per heavy atom. The first-order valence-electron chi connectivity index (χ1n) is 4.94. The minimum absolute atomic E-state index is 0.139. The van der Waals surface area contributed by atoms with E-state index in [9.17, 15) is 13.2 Å². The number of sulfonamides is 1. The van der Waals surface area contributed by atoms with Gasteiger partial charge in [-0.1, -0.05) is 11.6 Å². The van der Waals surface area contributed by atoms with E-state index in [1.807, 2.05) is 0 Å². The molecule has 0 atom stereocenters. The lowest BCUT2D eigenvalue weighted by Crippen LogP contribution is -2.12. The second-order valence-corrected chi connectivity index (χ2v) is 5.60. The molecule has 2 aromatic heterocycles. The van der Waals surface area contributed by atoms with E-state index in [0.717, 1.165) is 12.3 Å². The van der Waals surface area contributed by atoms with Crippen molar-refractivity contribution in [1.29, 1.82) is 0 Å². The van der Waals surface area contributed by atoms with Crippen LogP contribution in [0.1, 0.15) is 10.5 Å². The van der Waals surface area contributed by atoms with E-state index in [-0.39, 0.29) is 21.4 Å². The average molecular weight is 302 g/mol. The molecule has 0 aliphatic heterocycles. The predicted octanol–water partition coefficient (Wildman–Crippen LogP) is 1.56.